The first-order valence-electron chi connectivity index (χ1n) is 11.0. The number of nitrogens with zero attached hydrogens (tertiary/aromatic N) is 4. The number of halogens is 1. The molecule has 2 saturated heterocycles. The molecule has 0 N–H and O–H groups in total. The summed E-state index contributed by atoms with van der Waals surface area (Å²) in [7, 11) is 0. The van der Waals surface area contributed by atoms with Crippen molar-refractivity contribution in [3.63, 3.8) is 0 Å². The zero-order valence-electron chi connectivity index (χ0n) is 17.9. The number of nitro benzene ring substituents is 1. The number of piperazine rings is 1. The number of carbonyl (C=O) groups excluding carboxylic acids is 2. The summed E-state index contributed by atoms with van der Waals surface area (Å²) in [5, 5.41) is 11.9. The van der Waals surface area contributed by atoms with E-state index in [1.54, 1.807) is 30.3 Å². The van der Waals surface area contributed by atoms with E-state index in [1.807, 2.05) is 22.0 Å². The number of hydrogen-bond acceptors (Lipinski definition) is 6. The van der Waals surface area contributed by atoms with Crippen LogP contribution in [0.1, 0.15) is 12.8 Å². The largest absolute Gasteiger partial charge is 0.366 e. The maximum Gasteiger partial charge on any atom is 0.294 e. The van der Waals surface area contributed by atoms with E-state index in [0.717, 1.165) is 4.90 Å². The number of nitro groups is 1. The highest BCUT2D eigenvalue weighted by atomic mass is 19.1. The summed E-state index contributed by atoms with van der Waals surface area (Å²) in [5.74, 6) is -1.68. The molecule has 2 amide bonds. The minimum absolute atomic E-state index is 0.152. The van der Waals surface area contributed by atoms with Crippen molar-refractivity contribution in [1.29, 1.82) is 0 Å². The molecule has 8 nitrogen and oxygen atoms in total. The summed E-state index contributed by atoms with van der Waals surface area (Å²) < 4.78 is 14.1. The highest BCUT2D eigenvalue weighted by molar-refractivity contribution is 6.22. The van der Waals surface area contributed by atoms with Crippen LogP contribution in [0.5, 0.6) is 0 Å². The Kier molecular flexibility index (Phi) is 5.32. The molecule has 0 unspecified atom stereocenters. The van der Waals surface area contributed by atoms with E-state index in [1.165, 1.54) is 12.1 Å². The number of para-hydroxylation sites is 1. The summed E-state index contributed by atoms with van der Waals surface area (Å²) in [5.41, 5.74) is 1.03. The maximum atomic E-state index is 14.1. The minimum Gasteiger partial charge on any atom is -0.366 e. The van der Waals surface area contributed by atoms with Gasteiger partial charge in [-0.15, -0.1) is 0 Å². The van der Waals surface area contributed by atoms with Gasteiger partial charge >= 0.3 is 0 Å². The first-order chi connectivity index (χ1) is 16.0. The first kappa shape index (κ1) is 21.1. The fourth-order valence-corrected chi connectivity index (χ4v) is 5.02. The van der Waals surface area contributed by atoms with Gasteiger partial charge in [0.05, 0.1) is 28.1 Å². The smallest absolute Gasteiger partial charge is 0.294 e. The summed E-state index contributed by atoms with van der Waals surface area (Å²) >= 11 is 0. The van der Waals surface area contributed by atoms with Gasteiger partial charge in [0.1, 0.15) is 11.5 Å². The third kappa shape index (κ3) is 3.63. The van der Waals surface area contributed by atoms with Crippen molar-refractivity contribution in [2.45, 2.75) is 12.8 Å². The average Bonchev–Trinajstić information content (AvgIpc) is 3.09. The molecular weight excluding hydrogens is 427 g/mol. The Morgan fingerprint density at radius 2 is 1.42 bits per heavy atom. The first-order valence-corrected chi connectivity index (χ1v) is 11.0. The zero-order chi connectivity index (χ0) is 23.1. The Labute approximate surface area is 190 Å². The quantitative estimate of drug-likeness (QED) is 0.307. The van der Waals surface area contributed by atoms with Crippen molar-refractivity contribution < 1.29 is 18.9 Å². The molecule has 2 aliphatic heterocycles. The summed E-state index contributed by atoms with van der Waals surface area (Å²) in [6.07, 6.45) is 4.83. The highest BCUT2D eigenvalue weighted by Gasteiger charge is 2.48. The maximum absolute atomic E-state index is 14.1. The molecular formula is C24H23FN4O4. The van der Waals surface area contributed by atoms with Crippen LogP contribution in [0.4, 0.5) is 27.1 Å². The van der Waals surface area contributed by atoms with Crippen LogP contribution in [-0.2, 0) is 9.59 Å². The lowest BCUT2D eigenvalue weighted by Gasteiger charge is -2.37. The minimum atomic E-state index is -0.484. The second-order valence-corrected chi connectivity index (χ2v) is 8.52. The summed E-state index contributed by atoms with van der Waals surface area (Å²) in [6.45, 7) is 1.98. The molecule has 2 atom stereocenters. The standard InChI is InChI=1S/C24H23FN4O4/c25-19-7-3-4-8-20(19)26-11-13-27(14-12-26)21-10-9-16(15-22(21)29(32)33)28-23(30)17-5-1-2-6-18(17)24(28)31/h1-4,7-10,15,17-18H,5-6,11-14H2/t17-,18-/m0/s1. The van der Waals surface area contributed by atoms with E-state index in [4.69, 9.17) is 0 Å². The van der Waals surface area contributed by atoms with E-state index < -0.39 is 16.8 Å². The molecule has 1 aliphatic carbocycles. The summed E-state index contributed by atoms with van der Waals surface area (Å²) in [6, 6.07) is 11.1. The van der Waals surface area contributed by atoms with E-state index in [9.17, 15) is 24.1 Å². The van der Waals surface area contributed by atoms with Crippen LogP contribution in [0.25, 0.3) is 0 Å². The van der Waals surface area contributed by atoms with Crippen molar-refractivity contribution in [3.8, 4) is 0 Å². The molecule has 170 valence electrons. The molecule has 0 saturated carbocycles. The molecule has 0 aromatic heterocycles. The lowest BCUT2D eigenvalue weighted by molar-refractivity contribution is -0.384. The van der Waals surface area contributed by atoms with Gasteiger partial charge in [0.15, 0.2) is 0 Å². The molecule has 2 aromatic carbocycles. The molecule has 2 aromatic rings. The molecule has 2 heterocycles. The van der Waals surface area contributed by atoms with Crippen LogP contribution in [-0.4, -0.2) is 42.9 Å². The Bertz CT molecular complexity index is 1130. The van der Waals surface area contributed by atoms with Gasteiger partial charge in [0.25, 0.3) is 5.69 Å². The van der Waals surface area contributed by atoms with Crippen LogP contribution < -0.4 is 14.7 Å². The number of hydrogen-bond donors (Lipinski definition) is 0. The van der Waals surface area contributed by atoms with Gasteiger partial charge in [-0.25, -0.2) is 9.29 Å². The van der Waals surface area contributed by atoms with Crippen LogP contribution in [0.15, 0.2) is 54.6 Å². The molecule has 0 spiro atoms. The van der Waals surface area contributed by atoms with Crippen LogP contribution in [0.3, 0.4) is 0 Å². The fraction of sp³-hybridized carbons (Fsp3) is 0.333. The van der Waals surface area contributed by atoms with E-state index in [2.05, 4.69) is 0 Å². The Morgan fingerprint density at radius 1 is 0.848 bits per heavy atom. The molecule has 5 rings (SSSR count). The summed E-state index contributed by atoms with van der Waals surface area (Å²) in [4.78, 5) is 42.1. The van der Waals surface area contributed by atoms with Crippen LogP contribution in [0.2, 0.25) is 0 Å². The number of benzene rings is 2. The Balaban J connectivity index is 1.38. The topological polar surface area (TPSA) is 87.0 Å². The number of carbonyl (C=O) groups is 2. The lowest BCUT2D eigenvalue weighted by Crippen LogP contribution is -2.47. The van der Waals surface area contributed by atoms with E-state index >= 15 is 0 Å². The monoisotopic (exact) mass is 450 g/mol. The molecule has 9 heteroatoms. The van der Waals surface area contributed by atoms with Gasteiger partial charge in [-0.3, -0.25) is 19.7 Å². The van der Waals surface area contributed by atoms with Crippen molar-refractivity contribution in [1.82, 2.24) is 0 Å². The van der Waals surface area contributed by atoms with Gasteiger partial charge in [-0.1, -0.05) is 24.3 Å². The van der Waals surface area contributed by atoms with Gasteiger partial charge in [-0.05, 0) is 37.1 Å². The zero-order valence-corrected chi connectivity index (χ0v) is 17.9. The molecule has 3 aliphatic rings. The van der Waals surface area contributed by atoms with Gasteiger partial charge in [0, 0.05) is 32.2 Å². The Morgan fingerprint density at radius 3 is 2.00 bits per heavy atom. The number of allylic oxidation sites excluding steroid dienone is 2. The highest BCUT2D eigenvalue weighted by Crippen LogP contribution is 2.40. The normalized spacial score (nSPS) is 22.6. The van der Waals surface area contributed by atoms with Crippen LogP contribution in [0, 0.1) is 27.8 Å². The molecule has 0 bridgehead atoms. The van der Waals surface area contributed by atoms with Gasteiger partial charge in [-0.2, -0.15) is 0 Å². The van der Waals surface area contributed by atoms with Crippen molar-refractivity contribution >= 4 is 34.6 Å². The molecule has 33 heavy (non-hydrogen) atoms. The van der Waals surface area contributed by atoms with E-state index in [-0.39, 0.29) is 29.0 Å². The lowest BCUT2D eigenvalue weighted by atomic mass is 9.85. The molecule has 2 fully saturated rings. The average molecular weight is 450 g/mol. The predicted octanol–water partition coefficient (Wildman–Crippen LogP) is 3.52. The van der Waals surface area contributed by atoms with Gasteiger partial charge < -0.3 is 9.80 Å². The number of amides is 2. The number of fused-ring (bicyclic) bond motifs is 1. The predicted molar refractivity (Wildman–Crippen MR) is 122 cm³/mol. The van der Waals surface area contributed by atoms with Crippen LogP contribution >= 0.6 is 0 Å². The van der Waals surface area contributed by atoms with Crippen molar-refractivity contribution in [3.05, 3.63) is 70.5 Å². The Hall–Kier alpha value is -3.75. The number of rotatable bonds is 4. The second-order valence-electron chi connectivity index (χ2n) is 8.52. The van der Waals surface area contributed by atoms with E-state index in [0.29, 0.717) is 50.4 Å². The number of anilines is 3. The SMILES string of the molecule is O=C1[C@H]2CC=CC[C@@H]2C(=O)N1c1ccc(N2CCN(c3ccccc3F)CC2)c([N+](=O)[O-])c1. The van der Waals surface area contributed by atoms with Gasteiger partial charge in [0.2, 0.25) is 11.8 Å². The number of imide groups is 1. The third-order valence-corrected chi connectivity index (χ3v) is 6.73. The van der Waals surface area contributed by atoms with Crippen molar-refractivity contribution in [2.24, 2.45) is 11.8 Å². The molecule has 0 radical (unpaired) electrons. The fourth-order valence-electron chi connectivity index (χ4n) is 5.02. The second kappa shape index (κ2) is 8.31. The van der Waals surface area contributed by atoms with Crippen molar-refractivity contribution in [2.75, 3.05) is 40.9 Å². The third-order valence-electron chi connectivity index (χ3n) is 6.73.